The number of hydrogen-bond donors (Lipinski definition) is 1. The average Bonchev–Trinajstić information content (AvgIpc) is 2.83. The molecule has 0 amide bonds. The lowest BCUT2D eigenvalue weighted by Gasteiger charge is -2.04. The van der Waals surface area contributed by atoms with Gasteiger partial charge in [-0.2, -0.15) is 0 Å². The molecule has 0 saturated heterocycles. The Morgan fingerprint density at radius 3 is 3.11 bits per heavy atom. The van der Waals surface area contributed by atoms with E-state index in [1.807, 2.05) is 31.4 Å². The van der Waals surface area contributed by atoms with Gasteiger partial charge in [-0.05, 0) is 24.7 Å². The summed E-state index contributed by atoms with van der Waals surface area (Å²) in [6.07, 6.45) is 1.93. The quantitative estimate of drug-likeness (QED) is 0.791. The monoisotopic (exact) mass is 324 g/mol. The van der Waals surface area contributed by atoms with Crippen LogP contribution in [0.25, 0.3) is 0 Å². The van der Waals surface area contributed by atoms with Gasteiger partial charge in [0.2, 0.25) is 0 Å². The predicted octanol–water partition coefficient (Wildman–Crippen LogP) is 1.98. The molecule has 5 nitrogen and oxygen atoms in total. The van der Waals surface area contributed by atoms with Crippen LogP contribution in [-0.4, -0.2) is 28.6 Å². The van der Waals surface area contributed by atoms with Gasteiger partial charge in [-0.25, -0.2) is 4.68 Å². The summed E-state index contributed by atoms with van der Waals surface area (Å²) in [4.78, 5) is 0. The van der Waals surface area contributed by atoms with Gasteiger partial charge in [0.15, 0.2) is 0 Å². The predicted molar refractivity (Wildman–Crippen MR) is 76.6 cm³/mol. The maximum absolute atomic E-state index is 5.62. The van der Waals surface area contributed by atoms with Crippen LogP contribution in [0.3, 0.4) is 0 Å². The summed E-state index contributed by atoms with van der Waals surface area (Å²) < 4.78 is 8.49. The molecule has 0 saturated carbocycles. The minimum atomic E-state index is 0.609. The highest BCUT2D eigenvalue weighted by Gasteiger charge is 1.99. The fourth-order valence-electron chi connectivity index (χ4n) is 1.68. The van der Waals surface area contributed by atoms with Crippen LogP contribution in [0.4, 0.5) is 0 Å². The topological polar surface area (TPSA) is 52.0 Å². The Balaban J connectivity index is 1.71. The zero-order valence-electron chi connectivity index (χ0n) is 10.8. The maximum atomic E-state index is 5.62. The number of hydrogen-bond acceptors (Lipinski definition) is 4. The molecule has 102 valence electrons. The van der Waals surface area contributed by atoms with E-state index < -0.39 is 0 Å². The normalized spacial score (nSPS) is 10.8. The lowest BCUT2D eigenvalue weighted by molar-refractivity contribution is 0.110. The van der Waals surface area contributed by atoms with E-state index in [9.17, 15) is 0 Å². The Hall–Kier alpha value is -1.24. The second-order valence-corrected chi connectivity index (χ2v) is 5.10. The third-order valence-electron chi connectivity index (χ3n) is 2.57. The van der Waals surface area contributed by atoms with E-state index >= 15 is 0 Å². The van der Waals surface area contributed by atoms with Gasteiger partial charge in [-0.15, -0.1) is 5.10 Å². The van der Waals surface area contributed by atoms with Crippen molar-refractivity contribution in [1.82, 2.24) is 20.3 Å². The van der Waals surface area contributed by atoms with Crippen LogP contribution in [0.1, 0.15) is 11.3 Å². The van der Waals surface area contributed by atoms with Crippen LogP contribution < -0.4 is 5.32 Å². The number of ether oxygens (including phenoxy) is 1. The van der Waals surface area contributed by atoms with Crippen molar-refractivity contribution in [2.45, 2.75) is 19.7 Å². The number of rotatable bonds is 7. The Morgan fingerprint density at radius 1 is 1.42 bits per heavy atom. The molecular weight excluding hydrogens is 308 g/mol. The molecule has 0 atom stereocenters. The molecule has 2 aromatic rings. The fraction of sp³-hybridized carbons (Fsp3) is 0.385. The summed E-state index contributed by atoms with van der Waals surface area (Å²) in [5.74, 6) is 0. The third kappa shape index (κ3) is 4.74. The Morgan fingerprint density at radius 2 is 2.32 bits per heavy atom. The van der Waals surface area contributed by atoms with Gasteiger partial charge in [0.05, 0.1) is 25.5 Å². The molecule has 6 heteroatoms. The number of aromatic nitrogens is 3. The van der Waals surface area contributed by atoms with E-state index in [0.29, 0.717) is 19.8 Å². The zero-order valence-corrected chi connectivity index (χ0v) is 12.4. The fourth-order valence-corrected chi connectivity index (χ4v) is 2.13. The highest BCUT2D eigenvalue weighted by Crippen LogP contribution is 2.12. The second-order valence-electron chi connectivity index (χ2n) is 4.19. The maximum Gasteiger partial charge on any atom is 0.0964 e. The lowest BCUT2D eigenvalue weighted by Crippen LogP contribution is -2.07. The molecule has 1 aromatic heterocycles. The molecule has 0 unspecified atom stereocenters. The van der Waals surface area contributed by atoms with Crippen molar-refractivity contribution in [2.75, 3.05) is 13.7 Å². The highest BCUT2D eigenvalue weighted by molar-refractivity contribution is 9.10. The van der Waals surface area contributed by atoms with E-state index in [2.05, 4.69) is 37.6 Å². The smallest absolute Gasteiger partial charge is 0.0964 e. The van der Waals surface area contributed by atoms with E-state index in [-0.39, 0.29) is 0 Å². The molecule has 0 fully saturated rings. The lowest BCUT2D eigenvalue weighted by atomic mass is 10.2. The summed E-state index contributed by atoms with van der Waals surface area (Å²) in [6, 6.07) is 8.11. The van der Waals surface area contributed by atoms with Crippen LogP contribution >= 0.6 is 15.9 Å². The second kappa shape index (κ2) is 7.37. The minimum Gasteiger partial charge on any atom is -0.375 e. The van der Waals surface area contributed by atoms with Gasteiger partial charge in [-0.1, -0.05) is 33.3 Å². The first-order valence-corrected chi connectivity index (χ1v) is 6.93. The van der Waals surface area contributed by atoms with Gasteiger partial charge in [0.1, 0.15) is 0 Å². The van der Waals surface area contributed by atoms with Crippen LogP contribution in [0.2, 0.25) is 0 Å². The third-order valence-corrected chi connectivity index (χ3v) is 3.06. The summed E-state index contributed by atoms with van der Waals surface area (Å²) in [6.45, 7) is 2.68. The number of halogens is 1. The number of nitrogens with zero attached hydrogens (tertiary/aromatic N) is 3. The van der Waals surface area contributed by atoms with Crippen LogP contribution in [0.5, 0.6) is 0 Å². The first-order chi connectivity index (χ1) is 9.28. The SMILES string of the molecule is CNCc1cn(CCOCc2cccc(Br)c2)nn1. The van der Waals surface area contributed by atoms with Crippen molar-refractivity contribution < 1.29 is 4.74 Å². The van der Waals surface area contributed by atoms with E-state index in [1.165, 1.54) is 0 Å². The first kappa shape index (κ1) is 14.2. The van der Waals surface area contributed by atoms with Crippen molar-refractivity contribution in [3.8, 4) is 0 Å². The summed E-state index contributed by atoms with van der Waals surface area (Å²) in [7, 11) is 1.89. The molecule has 1 N–H and O–H groups in total. The summed E-state index contributed by atoms with van der Waals surface area (Å²) in [5, 5.41) is 11.1. The van der Waals surface area contributed by atoms with E-state index in [0.717, 1.165) is 22.3 Å². The molecule has 1 aromatic carbocycles. The molecule has 0 spiro atoms. The average molecular weight is 325 g/mol. The molecule has 0 bridgehead atoms. The van der Waals surface area contributed by atoms with Crippen molar-refractivity contribution in [2.24, 2.45) is 0 Å². The number of nitrogens with one attached hydrogen (secondary N) is 1. The number of benzene rings is 1. The molecule has 2 rings (SSSR count). The molecule has 0 aliphatic heterocycles. The molecule has 0 radical (unpaired) electrons. The first-order valence-electron chi connectivity index (χ1n) is 6.14. The molecule has 19 heavy (non-hydrogen) atoms. The molecule has 1 heterocycles. The van der Waals surface area contributed by atoms with Crippen LogP contribution in [-0.2, 0) is 24.4 Å². The van der Waals surface area contributed by atoms with Crippen LogP contribution in [0, 0.1) is 0 Å². The molecule has 0 aliphatic carbocycles. The van der Waals surface area contributed by atoms with Crippen molar-refractivity contribution in [3.63, 3.8) is 0 Å². The minimum absolute atomic E-state index is 0.609. The van der Waals surface area contributed by atoms with Gasteiger partial charge < -0.3 is 10.1 Å². The Labute approximate surface area is 121 Å². The van der Waals surface area contributed by atoms with Gasteiger partial charge in [0, 0.05) is 17.2 Å². The molecular formula is C13H17BrN4O. The van der Waals surface area contributed by atoms with Crippen molar-refractivity contribution in [1.29, 1.82) is 0 Å². The Bertz CT molecular complexity index is 515. The van der Waals surface area contributed by atoms with E-state index in [4.69, 9.17) is 4.74 Å². The summed E-state index contributed by atoms with van der Waals surface area (Å²) >= 11 is 3.44. The van der Waals surface area contributed by atoms with E-state index in [1.54, 1.807) is 4.68 Å². The van der Waals surface area contributed by atoms with Crippen molar-refractivity contribution >= 4 is 15.9 Å². The van der Waals surface area contributed by atoms with Crippen molar-refractivity contribution in [3.05, 3.63) is 46.2 Å². The summed E-state index contributed by atoms with van der Waals surface area (Å²) in [5.41, 5.74) is 2.10. The molecule has 0 aliphatic rings. The standard InChI is InChI=1S/C13H17BrN4O/c1-15-8-13-9-18(17-16-13)5-6-19-10-11-3-2-4-12(14)7-11/h2-4,7,9,15H,5-6,8,10H2,1H3. The van der Waals surface area contributed by atoms with Crippen LogP contribution in [0.15, 0.2) is 34.9 Å². The van der Waals surface area contributed by atoms with Gasteiger partial charge in [0.25, 0.3) is 0 Å². The largest absolute Gasteiger partial charge is 0.375 e. The zero-order chi connectivity index (χ0) is 13.5. The Kier molecular flexibility index (Phi) is 5.50. The van der Waals surface area contributed by atoms with Gasteiger partial charge in [-0.3, -0.25) is 0 Å². The van der Waals surface area contributed by atoms with Gasteiger partial charge >= 0.3 is 0 Å². The highest BCUT2D eigenvalue weighted by atomic mass is 79.9.